The molecule has 1 unspecified atom stereocenters. The molecular formula is C26H31ClN6O3. The first kappa shape index (κ1) is 22.7. The predicted octanol–water partition coefficient (Wildman–Crippen LogP) is 3.42. The summed E-state index contributed by atoms with van der Waals surface area (Å²) in [5.74, 6) is 1.98. The standard InChI is InChI=1S/C26H31ClN6O3/c1-34-26-29-24(32-13-20-9-19(32)15-36-20)11-25(30-26)33-23-10-21(22(27)8-17(23)12-28-33)16-2-5-31(6-3-16)18-4-7-35-14-18/h8,10-12,16,18-20H,2-7,9,13-15H2,1H3/t18?,19-,20-/m1/s1. The molecule has 2 bridgehead atoms. The third-order valence-electron chi connectivity index (χ3n) is 8.35. The van der Waals surface area contributed by atoms with E-state index in [4.69, 9.17) is 30.9 Å². The van der Waals surface area contributed by atoms with Crippen LogP contribution in [0.2, 0.25) is 5.02 Å². The molecule has 0 radical (unpaired) electrons. The first-order valence-corrected chi connectivity index (χ1v) is 13.3. The van der Waals surface area contributed by atoms with Gasteiger partial charge in [-0.05, 0) is 62.4 Å². The van der Waals surface area contributed by atoms with Crippen LogP contribution in [-0.2, 0) is 9.47 Å². The van der Waals surface area contributed by atoms with Gasteiger partial charge in [0.25, 0.3) is 0 Å². The normalized spacial score (nSPS) is 26.9. The molecular weight excluding hydrogens is 480 g/mol. The second-order valence-corrected chi connectivity index (χ2v) is 10.8. The molecule has 9 nitrogen and oxygen atoms in total. The molecule has 4 fully saturated rings. The van der Waals surface area contributed by atoms with Crippen molar-refractivity contribution in [1.82, 2.24) is 24.6 Å². The maximum atomic E-state index is 6.82. The van der Waals surface area contributed by atoms with Gasteiger partial charge in [0.15, 0.2) is 5.82 Å². The highest BCUT2D eigenvalue weighted by atomic mass is 35.5. The van der Waals surface area contributed by atoms with Gasteiger partial charge in [-0.2, -0.15) is 15.1 Å². The van der Waals surface area contributed by atoms with Gasteiger partial charge < -0.3 is 19.1 Å². The largest absolute Gasteiger partial charge is 0.467 e. The Balaban J connectivity index is 1.20. The molecule has 6 heterocycles. The number of methoxy groups -OCH3 is 1. The number of aromatic nitrogens is 4. The Morgan fingerprint density at radius 2 is 1.89 bits per heavy atom. The number of rotatable bonds is 5. The van der Waals surface area contributed by atoms with Gasteiger partial charge in [-0.25, -0.2) is 4.68 Å². The number of anilines is 1. The van der Waals surface area contributed by atoms with Crippen LogP contribution in [0.4, 0.5) is 5.82 Å². The number of piperidine rings is 1. The molecule has 0 saturated carbocycles. The molecule has 36 heavy (non-hydrogen) atoms. The summed E-state index contributed by atoms with van der Waals surface area (Å²) in [5.41, 5.74) is 2.20. The fraction of sp³-hybridized carbons (Fsp3) is 0.577. The molecule has 4 saturated heterocycles. The van der Waals surface area contributed by atoms with Crippen molar-refractivity contribution in [1.29, 1.82) is 0 Å². The van der Waals surface area contributed by atoms with Gasteiger partial charge in [0.1, 0.15) is 5.82 Å². The summed E-state index contributed by atoms with van der Waals surface area (Å²) in [6.45, 7) is 5.51. The average molecular weight is 511 g/mol. The summed E-state index contributed by atoms with van der Waals surface area (Å²) in [4.78, 5) is 14.2. The lowest BCUT2D eigenvalue weighted by Crippen LogP contribution is -2.41. The number of halogens is 1. The Hall–Kier alpha value is -2.46. The van der Waals surface area contributed by atoms with Gasteiger partial charge in [0.2, 0.25) is 0 Å². The van der Waals surface area contributed by atoms with Crippen LogP contribution >= 0.6 is 11.6 Å². The van der Waals surface area contributed by atoms with Gasteiger partial charge >= 0.3 is 6.01 Å². The Bertz CT molecular complexity index is 1270. The number of likely N-dealkylation sites (tertiary alicyclic amines) is 1. The average Bonchev–Trinajstić information content (AvgIpc) is 3.73. The quantitative estimate of drug-likeness (QED) is 0.516. The number of ether oxygens (including phenoxy) is 3. The third kappa shape index (κ3) is 3.93. The molecule has 0 spiro atoms. The fourth-order valence-electron chi connectivity index (χ4n) is 6.37. The summed E-state index contributed by atoms with van der Waals surface area (Å²) < 4.78 is 18.8. The van der Waals surface area contributed by atoms with Crippen molar-refractivity contribution in [3.63, 3.8) is 0 Å². The van der Waals surface area contributed by atoms with Crippen molar-refractivity contribution in [3.8, 4) is 11.8 Å². The molecule has 3 aromatic rings. The summed E-state index contributed by atoms with van der Waals surface area (Å²) in [6.07, 6.45) is 6.52. The van der Waals surface area contributed by atoms with Gasteiger partial charge in [-0.3, -0.25) is 4.90 Å². The Kier molecular flexibility index (Phi) is 5.76. The summed E-state index contributed by atoms with van der Waals surface area (Å²) in [5, 5.41) is 6.51. The van der Waals surface area contributed by atoms with Gasteiger partial charge in [0, 0.05) is 35.7 Å². The topological polar surface area (TPSA) is 77.8 Å². The first-order valence-electron chi connectivity index (χ1n) is 13.0. The highest BCUT2D eigenvalue weighted by Crippen LogP contribution is 2.37. The Labute approximate surface area is 215 Å². The molecule has 10 heteroatoms. The van der Waals surface area contributed by atoms with E-state index in [-0.39, 0.29) is 6.10 Å². The smallest absolute Gasteiger partial charge is 0.320 e. The molecule has 190 valence electrons. The summed E-state index contributed by atoms with van der Waals surface area (Å²) in [7, 11) is 1.60. The van der Waals surface area contributed by atoms with E-state index in [0.717, 1.165) is 86.9 Å². The molecule has 4 aliphatic heterocycles. The zero-order chi connectivity index (χ0) is 24.2. The zero-order valence-corrected chi connectivity index (χ0v) is 21.2. The predicted molar refractivity (Wildman–Crippen MR) is 136 cm³/mol. The lowest BCUT2D eigenvalue weighted by Gasteiger charge is -2.35. The Morgan fingerprint density at radius 3 is 2.61 bits per heavy atom. The van der Waals surface area contributed by atoms with Crippen LogP contribution in [0.25, 0.3) is 16.7 Å². The minimum Gasteiger partial charge on any atom is -0.467 e. The van der Waals surface area contributed by atoms with E-state index in [2.05, 4.69) is 25.8 Å². The van der Waals surface area contributed by atoms with Crippen LogP contribution in [0.5, 0.6) is 6.01 Å². The molecule has 0 N–H and O–H groups in total. The summed E-state index contributed by atoms with van der Waals surface area (Å²) >= 11 is 6.82. The van der Waals surface area contributed by atoms with Gasteiger partial charge in [-0.15, -0.1) is 0 Å². The van der Waals surface area contributed by atoms with Crippen LogP contribution in [0.3, 0.4) is 0 Å². The Morgan fingerprint density at radius 1 is 1.03 bits per heavy atom. The number of hydrogen-bond acceptors (Lipinski definition) is 8. The second-order valence-electron chi connectivity index (χ2n) is 10.4. The monoisotopic (exact) mass is 510 g/mol. The molecule has 0 aliphatic carbocycles. The molecule has 0 amide bonds. The zero-order valence-electron chi connectivity index (χ0n) is 20.5. The van der Waals surface area contributed by atoms with Crippen LogP contribution in [-0.4, -0.2) is 89.4 Å². The van der Waals surface area contributed by atoms with Crippen molar-refractivity contribution in [2.75, 3.05) is 51.5 Å². The molecule has 4 aliphatic rings. The third-order valence-corrected chi connectivity index (χ3v) is 8.68. The maximum Gasteiger partial charge on any atom is 0.320 e. The van der Waals surface area contributed by atoms with E-state index < -0.39 is 0 Å². The summed E-state index contributed by atoms with van der Waals surface area (Å²) in [6, 6.07) is 7.53. The maximum absolute atomic E-state index is 6.82. The van der Waals surface area contributed by atoms with Gasteiger partial charge in [0.05, 0.1) is 44.2 Å². The highest BCUT2D eigenvalue weighted by molar-refractivity contribution is 6.32. The SMILES string of the molecule is COc1nc(N2C[C@H]3C[C@@H]2CO3)cc(-n2ncc3cc(Cl)c(C4CCN(C5CCOC5)CC4)cc32)n1. The number of fused-ring (bicyclic) bond motifs is 3. The number of nitrogens with zero attached hydrogens (tertiary/aromatic N) is 6. The number of benzene rings is 1. The van der Waals surface area contributed by atoms with Crippen LogP contribution in [0, 0.1) is 0 Å². The first-order chi connectivity index (χ1) is 17.7. The van der Waals surface area contributed by atoms with E-state index in [1.165, 1.54) is 5.56 Å². The molecule has 1 aromatic carbocycles. The molecule has 2 aromatic heterocycles. The minimum atomic E-state index is 0.280. The lowest BCUT2D eigenvalue weighted by atomic mass is 9.88. The van der Waals surface area contributed by atoms with E-state index in [1.807, 2.05) is 23.0 Å². The highest BCUT2D eigenvalue weighted by Gasteiger charge is 2.40. The van der Waals surface area contributed by atoms with Crippen LogP contribution < -0.4 is 9.64 Å². The van der Waals surface area contributed by atoms with Crippen molar-refractivity contribution in [2.45, 2.75) is 49.8 Å². The van der Waals surface area contributed by atoms with E-state index in [9.17, 15) is 0 Å². The fourth-order valence-corrected chi connectivity index (χ4v) is 6.70. The van der Waals surface area contributed by atoms with Crippen molar-refractivity contribution < 1.29 is 14.2 Å². The van der Waals surface area contributed by atoms with E-state index >= 15 is 0 Å². The van der Waals surface area contributed by atoms with Crippen molar-refractivity contribution in [2.24, 2.45) is 0 Å². The lowest BCUT2D eigenvalue weighted by molar-refractivity contribution is 0.0988. The number of hydrogen-bond donors (Lipinski definition) is 0. The van der Waals surface area contributed by atoms with Crippen LogP contribution in [0.1, 0.15) is 37.2 Å². The van der Waals surface area contributed by atoms with E-state index in [0.29, 0.717) is 29.8 Å². The van der Waals surface area contributed by atoms with Crippen molar-refractivity contribution in [3.05, 3.63) is 35.0 Å². The van der Waals surface area contributed by atoms with Gasteiger partial charge in [-0.1, -0.05) is 11.6 Å². The van der Waals surface area contributed by atoms with Crippen LogP contribution in [0.15, 0.2) is 24.4 Å². The molecule has 7 rings (SSSR count). The second kappa shape index (κ2) is 9.13. The molecule has 3 atom stereocenters. The minimum absolute atomic E-state index is 0.280. The van der Waals surface area contributed by atoms with E-state index in [1.54, 1.807) is 7.11 Å². The number of morpholine rings is 1. The van der Waals surface area contributed by atoms with Crippen molar-refractivity contribution >= 4 is 28.3 Å².